The number of hydrogen-bond acceptors (Lipinski definition) is 4. The number of fused-ring (bicyclic) bond motifs is 1. The number of rotatable bonds is 2. The highest BCUT2D eigenvalue weighted by atomic mass is 16.6. The predicted octanol–water partition coefficient (Wildman–Crippen LogP) is 2.77. The third kappa shape index (κ3) is 2.39. The van der Waals surface area contributed by atoms with Crippen molar-refractivity contribution in [3.63, 3.8) is 0 Å². The number of nitrogens with zero attached hydrogens (tertiary/aromatic N) is 1. The fourth-order valence-electron chi connectivity index (χ4n) is 2.64. The molecule has 0 amide bonds. The van der Waals surface area contributed by atoms with Crippen molar-refractivity contribution in [3.05, 3.63) is 51.6 Å². The summed E-state index contributed by atoms with van der Waals surface area (Å²) in [5, 5.41) is 10.7. The molecule has 0 N–H and O–H groups in total. The average Bonchev–Trinajstić information content (AvgIpc) is 2.47. The van der Waals surface area contributed by atoms with Gasteiger partial charge in [-0.15, -0.1) is 0 Å². The number of nitro benzene ring substituents is 1. The summed E-state index contributed by atoms with van der Waals surface area (Å²) in [5.41, 5.74) is 2.32. The number of benzene rings is 1. The van der Waals surface area contributed by atoms with E-state index >= 15 is 0 Å². The Hall–Kier alpha value is -1.72. The number of non-ortho nitro benzene ring substituents is 1. The molecule has 2 aliphatic heterocycles. The van der Waals surface area contributed by atoms with Gasteiger partial charge in [0, 0.05) is 12.1 Å². The molecule has 0 bridgehead atoms. The van der Waals surface area contributed by atoms with Crippen LogP contribution < -0.4 is 0 Å². The van der Waals surface area contributed by atoms with Gasteiger partial charge in [-0.2, -0.15) is 0 Å². The Labute approximate surface area is 111 Å². The smallest absolute Gasteiger partial charge is 0.269 e. The first kappa shape index (κ1) is 12.3. The van der Waals surface area contributed by atoms with Crippen molar-refractivity contribution in [1.82, 2.24) is 0 Å². The molecule has 0 aliphatic carbocycles. The van der Waals surface area contributed by atoms with Gasteiger partial charge in [0.1, 0.15) is 12.2 Å². The van der Waals surface area contributed by atoms with E-state index < -0.39 is 4.92 Å². The maximum Gasteiger partial charge on any atom is 0.269 e. The maximum absolute atomic E-state index is 10.7. The van der Waals surface area contributed by atoms with Crippen molar-refractivity contribution in [2.45, 2.75) is 25.0 Å². The molecule has 1 fully saturated rings. The molecule has 0 radical (unpaired) electrons. The Kier molecular flexibility index (Phi) is 3.31. The van der Waals surface area contributed by atoms with E-state index in [1.165, 1.54) is 17.7 Å². The Bertz CT molecular complexity index is 509. The summed E-state index contributed by atoms with van der Waals surface area (Å²) in [7, 11) is 0. The quantitative estimate of drug-likeness (QED) is 0.466. The van der Waals surface area contributed by atoms with Crippen LogP contribution in [0.4, 0.5) is 5.69 Å². The van der Waals surface area contributed by atoms with Gasteiger partial charge in [-0.25, -0.2) is 0 Å². The first-order valence-electron chi connectivity index (χ1n) is 6.42. The first-order chi connectivity index (χ1) is 9.25. The molecule has 1 saturated heterocycles. The second-order valence-electron chi connectivity index (χ2n) is 4.75. The standard InChI is InChI=1S/C14H15NO4/c16-15(17)12-5-3-11(4-6-12)14-13-10(7-9-19-14)2-1-8-18-13/h2-6,13-14H,1,7-9H2/t13-,14+/m1/s1. The lowest BCUT2D eigenvalue weighted by Gasteiger charge is -2.36. The van der Waals surface area contributed by atoms with Crippen LogP contribution in [0.3, 0.4) is 0 Å². The predicted molar refractivity (Wildman–Crippen MR) is 68.8 cm³/mol. The molecule has 3 rings (SSSR count). The zero-order chi connectivity index (χ0) is 13.2. The lowest BCUT2D eigenvalue weighted by Crippen LogP contribution is -2.34. The lowest BCUT2D eigenvalue weighted by atomic mass is 9.91. The highest BCUT2D eigenvalue weighted by Crippen LogP contribution is 2.36. The van der Waals surface area contributed by atoms with Crippen LogP contribution in [-0.2, 0) is 9.47 Å². The molecular weight excluding hydrogens is 246 g/mol. The SMILES string of the molecule is O=[N+]([O-])c1ccc([C@@H]2OCCC3=CCCO[C@H]32)cc1. The molecule has 100 valence electrons. The van der Waals surface area contributed by atoms with Crippen LogP contribution in [0.2, 0.25) is 0 Å². The van der Waals surface area contributed by atoms with Gasteiger partial charge in [0.2, 0.25) is 0 Å². The monoisotopic (exact) mass is 261 g/mol. The summed E-state index contributed by atoms with van der Waals surface area (Å²) < 4.78 is 11.6. The highest BCUT2D eigenvalue weighted by molar-refractivity contribution is 5.35. The Morgan fingerprint density at radius 3 is 2.58 bits per heavy atom. The first-order valence-corrected chi connectivity index (χ1v) is 6.42. The summed E-state index contributed by atoms with van der Waals surface area (Å²) >= 11 is 0. The van der Waals surface area contributed by atoms with Crippen LogP contribution in [-0.4, -0.2) is 24.2 Å². The third-order valence-corrected chi connectivity index (χ3v) is 3.58. The van der Waals surface area contributed by atoms with Crippen LogP contribution in [0.5, 0.6) is 0 Å². The number of ether oxygens (including phenoxy) is 2. The molecule has 0 unspecified atom stereocenters. The normalized spacial score (nSPS) is 26.4. The fraction of sp³-hybridized carbons (Fsp3) is 0.429. The zero-order valence-corrected chi connectivity index (χ0v) is 10.5. The van der Waals surface area contributed by atoms with Gasteiger partial charge in [-0.05, 0) is 36.1 Å². The van der Waals surface area contributed by atoms with Crippen LogP contribution in [0.1, 0.15) is 24.5 Å². The summed E-state index contributed by atoms with van der Waals surface area (Å²) in [5.74, 6) is 0. The summed E-state index contributed by atoms with van der Waals surface area (Å²) in [6.45, 7) is 1.38. The number of nitro groups is 1. The van der Waals surface area contributed by atoms with Gasteiger partial charge in [-0.1, -0.05) is 6.08 Å². The molecule has 5 heteroatoms. The third-order valence-electron chi connectivity index (χ3n) is 3.58. The minimum atomic E-state index is -0.395. The van der Waals surface area contributed by atoms with E-state index in [1.807, 2.05) is 0 Å². The fourth-order valence-corrected chi connectivity index (χ4v) is 2.64. The maximum atomic E-state index is 10.7. The highest BCUT2D eigenvalue weighted by Gasteiger charge is 2.33. The largest absolute Gasteiger partial charge is 0.370 e. The molecule has 2 heterocycles. The molecule has 0 spiro atoms. The van der Waals surface area contributed by atoms with Gasteiger partial charge in [0.05, 0.1) is 18.1 Å². The van der Waals surface area contributed by atoms with E-state index in [-0.39, 0.29) is 17.9 Å². The van der Waals surface area contributed by atoms with Crippen molar-refractivity contribution in [2.75, 3.05) is 13.2 Å². The molecule has 0 saturated carbocycles. The van der Waals surface area contributed by atoms with E-state index in [2.05, 4.69) is 6.08 Å². The van der Waals surface area contributed by atoms with Crippen LogP contribution in [0.25, 0.3) is 0 Å². The van der Waals surface area contributed by atoms with Crippen LogP contribution in [0.15, 0.2) is 35.9 Å². The number of hydrogen-bond donors (Lipinski definition) is 0. The van der Waals surface area contributed by atoms with Gasteiger partial charge in [-0.3, -0.25) is 10.1 Å². The molecular formula is C14H15NO4. The minimum Gasteiger partial charge on any atom is -0.370 e. The average molecular weight is 261 g/mol. The molecule has 0 aromatic heterocycles. The Balaban J connectivity index is 1.86. The molecule has 1 aromatic carbocycles. The zero-order valence-electron chi connectivity index (χ0n) is 10.5. The van der Waals surface area contributed by atoms with E-state index in [1.54, 1.807) is 12.1 Å². The van der Waals surface area contributed by atoms with Crippen LogP contribution >= 0.6 is 0 Å². The van der Waals surface area contributed by atoms with Gasteiger partial charge in [0.25, 0.3) is 5.69 Å². The summed E-state index contributed by atoms with van der Waals surface area (Å²) in [6, 6.07) is 6.53. The van der Waals surface area contributed by atoms with Crippen molar-refractivity contribution >= 4 is 5.69 Å². The topological polar surface area (TPSA) is 61.6 Å². The summed E-state index contributed by atoms with van der Waals surface area (Å²) in [6.07, 6.45) is 3.91. The summed E-state index contributed by atoms with van der Waals surface area (Å²) in [4.78, 5) is 10.3. The molecule has 19 heavy (non-hydrogen) atoms. The van der Waals surface area contributed by atoms with Crippen molar-refractivity contribution in [2.24, 2.45) is 0 Å². The van der Waals surface area contributed by atoms with E-state index in [0.29, 0.717) is 13.2 Å². The molecule has 2 atom stereocenters. The van der Waals surface area contributed by atoms with Crippen molar-refractivity contribution in [3.8, 4) is 0 Å². The van der Waals surface area contributed by atoms with Crippen molar-refractivity contribution in [1.29, 1.82) is 0 Å². The molecule has 5 nitrogen and oxygen atoms in total. The second kappa shape index (κ2) is 5.11. The Morgan fingerprint density at radius 2 is 1.84 bits per heavy atom. The van der Waals surface area contributed by atoms with Gasteiger partial charge in [0.15, 0.2) is 0 Å². The molecule has 2 aliphatic rings. The van der Waals surface area contributed by atoms with Gasteiger partial charge < -0.3 is 9.47 Å². The lowest BCUT2D eigenvalue weighted by molar-refractivity contribution is -0.384. The molecule has 1 aromatic rings. The minimum absolute atomic E-state index is 0.0380. The van der Waals surface area contributed by atoms with Crippen LogP contribution in [0, 0.1) is 10.1 Å². The Morgan fingerprint density at radius 1 is 1.11 bits per heavy atom. The van der Waals surface area contributed by atoms with E-state index in [9.17, 15) is 10.1 Å². The van der Waals surface area contributed by atoms with Crippen molar-refractivity contribution < 1.29 is 14.4 Å². The van der Waals surface area contributed by atoms with E-state index in [0.717, 1.165) is 18.4 Å². The van der Waals surface area contributed by atoms with E-state index in [4.69, 9.17) is 9.47 Å². The van der Waals surface area contributed by atoms with Gasteiger partial charge >= 0.3 is 0 Å². The second-order valence-corrected chi connectivity index (χ2v) is 4.75.